The first kappa shape index (κ1) is 58.4. The van der Waals surface area contributed by atoms with Crippen molar-refractivity contribution < 1.29 is 39.5 Å². The quantitative estimate of drug-likeness (QED) is 0.0771. The highest BCUT2D eigenvalue weighted by atomic mass is 35.5. The van der Waals surface area contributed by atoms with Crippen molar-refractivity contribution in [3.05, 3.63) is 119 Å². The molecule has 0 saturated carbocycles. The Morgan fingerprint density at radius 1 is 0.833 bits per heavy atom. The molecular formula is C57H74ClF3N8O6S3. The summed E-state index contributed by atoms with van der Waals surface area (Å²) in [7, 11) is -10.9. The first-order valence-electron chi connectivity index (χ1n) is 27.4. The molecule has 0 aromatic heterocycles. The Morgan fingerprint density at radius 2 is 1.54 bits per heavy atom. The molecule has 4 heterocycles. The van der Waals surface area contributed by atoms with E-state index in [0.29, 0.717) is 50.6 Å². The number of hydrogen-bond acceptors (Lipinski definition) is 14. The number of anilines is 2. The molecule has 9 rings (SSSR count). The number of hydrogen-bond donors (Lipinski definition) is 3. The number of ether oxygens (including phenoxy) is 1. The number of amides is 1. The van der Waals surface area contributed by atoms with Crippen LogP contribution in [-0.2, 0) is 24.6 Å². The molecule has 3 N–H and O–H groups in total. The highest BCUT2D eigenvalue weighted by Crippen LogP contribution is 2.44. The molecule has 4 saturated heterocycles. The van der Waals surface area contributed by atoms with Crippen LogP contribution in [0.4, 0.5) is 24.5 Å². The zero-order chi connectivity index (χ0) is 54.9. The number of carbonyl (C=O) groups excluding carboxylic acids is 1. The predicted molar refractivity (Wildman–Crippen MR) is 305 cm³/mol. The third-order valence-corrected chi connectivity index (χ3v) is 20.4. The van der Waals surface area contributed by atoms with Crippen LogP contribution in [-0.4, -0.2) is 177 Å². The van der Waals surface area contributed by atoms with Gasteiger partial charge in [0.05, 0.1) is 17.2 Å². The van der Waals surface area contributed by atoms with E-state index in [-0.39, 0.29) is 11.0 Å². The number of benzene rings is 4. The zero-order valence-electron chi connectivity index (χ0n) is 44.5. The Balaban J connectivity index is 0.830. The van der Waals surface area contributed by atoms with E-state index in [4.69, 9.17) is 16.3 Å². The minimum Gasteiger partial charge on any atom is -0.380 e. The van der Waals surface area contributed by atoms with Gasteiger partial charge in [0.1, 0.15) is 4.90 Å². The van der Waals surface area contributed by atoms with Crippen LogP contribution in [0.25, 0.3) is 5.57 Å². The van der Waals surface area contributed by atoms with E-state index < -0.39 is 52.8 Å². The fraction of sp³-hybridized carbons (Fsp3) is 0.526. The molecule has 5 aliphatic rings. The number of halogens is 4. The van der Waals surface area contributed by atoms with Crippen LogP contribution in [0, 0.1) is 5.41 Å². The number of sulfone groups is 1. The van der Waals surface area contributed by atoms with Crippen molar-refractivity contribution in [2.24, 2.45) is 5.41 Å². The van der Waals surface area contributed by atoms with Crippen molar-refractivity contribution in [2.75, 3.05) is 127 Å². The number of alkyl halides is 3. The largest absolute Gasteiger partial charge is 0.501 e. The molecule has 4 aromatic rings. The number of thioether (sulfide) groups is 1. The van der Waals surface area contributed by atoms with Gasteiger partial charge in [-0.25, -0.2) is 21.6 Å². The van der Waals surface area contributed by atoms with Crippen molar-refractivity contribution in [1.82, 2.24) is 29.6 Å². The van der Waals surface area contributed by atoms with Gasteiger partial charge < -0.3 is 30.1 Å². The molecule has 1 aliphatic carbocycles. The lowest BCUT2D eigenvalue weighted by atomic mass is 9.71. The SMILES string of the molecule is C[C@@]1(CN2CCN(C3CCNCC3)CC2)CCC(c2ccc(Cl)cc2)=C(CN2CCN(c3ccc(C(=O)NS(=O)(=O)c4ccc(N[C@H](CCN5CCCOCC5)CSc5ccccc5)c(S(=O)(=O)C(F)(F)F)c4)cc3)CC2)C1. The Morgan fingerprint density at radius 3 is 2.24 bits per heavy atom. The van der Waals surface area contributed by atoms with Crippen LogP contribution in [0.5, 0.6) is 0 Å². The molecule has 14 nitrogen and oxygen atoms in total. The fourth-order valence-corrected chi connectivity index (χ4v) is 14.9. The lowest BCUT2D eigenvalue weighted by molar-refractivity contribution is -0.0435. The Kier molecular flexibility index (Phi) is 19.6. The number of allylic oxidation sites excluding steroid dienone is 1. The van der Waals surface area contributed by atoms with Crippen molar-refractivity contribution >= 4 is 66.1 Å². The maximum absolute atomic E-state index is 14.3. The molecule has 4 aromatic carbocycles. The smallest absolute Gasteiger partial charge is 0.380 e. The lowest BCUT2D eigenvalue weighted by Crippen LogP contribution is -2.54. The summed E-state index contributed by atoms with van der Waals surface area (Å²) in [5.41, 5.74) is -0.995. The molecule has 0 spiro atoms. The summed E-state index contributed by atoms with van der Waals surface area (Å²) in [6.45, 7) is 17.4. The van der Waals surface area contributed by atoms with Gasteiger partial charge in [-0.15, -0.1) is 11.8 Å². The van der Waals surface area contributed by atoms with E-state index in [1.807, 2.05) is 47.2 Å². The third-order valence-electron chi connectivity index (χ3n) is 16.1. The summed E-state index contributed by atoms with van der Waals surface area (Å²) >= 11 is 7.80. The van der Waals surface area contributed by atoms with Crippen LogP contribution in [0.3, 0.4) is 0 Å². The molecule has 424 valence electrons. The van der Waals surface area contributed by atoms with E-state index in [2.05, 4.69) is 54.2 Å². The number of piperidine rings is 1. The Labute approximate surface area is 468 Å². The molecule has 1 amide bonds. The predicted octanol–water partition coefficient (Wildman–Crippen LogP) is 8.57. The second kappa shape index (κ2) is 26.1. The Bertz CT molecular complexity index is 2900. The van der Waals surface area contributed by atoms with Crippen LogP contribution in [0.15, 0.2) is 117 Å². The van der Waals surface area contributed by atoms with Crippen molar-refractivity contribution in [1.29, 1.82) is 0 Å². The average molecular weight is 1160 g/mol. The number of nitrogens with zero attached hydrogens (tertiary/aromatic N) is 5. The lowest BCUT2D eigenvalue weighted by Gasteiger charge is -2.46. The van der Waals surface area contributed by atoms with E-state index >= 15 is 0 Å². The molecule has 4 aliphatic heterocycles. The highest BCUT2D eigenvalue weighted by molar-refractivity contribution is 7.99. The number of piperazine rings is 2. The standard InChI is InChI=1S/C57H74ClF3N8O6S3/c1-56(42-67-29-33-69(34-30-67)49-19-23-62-24-20-49)22-18-52(43-8-12-46(58)13-9-43)45(39-56)40-66-27-31-68(32-28-66)48-14-10-44(11-15-48)55(70)64-78(73,74)51-16-17-53(54(38-51)77(71,72)57(59,60)61)63-47(41-76-50-6-3-2-4-7-50)21-26-65-25-5-36-75-37-35-65/h2-4,6-17,38,47,49,62-63H,5,18-37,39-42H2,1H3,(H,64,70)/t47-,56-/m1/s1. The molecule has 4 fully saturated rings. The molecule has 78 heavy (non-hydrogen) atoms. The van der Waals surface area contributed by atoms with Gasteiger partial charge >= 0.3 is 5.51 Å². The minimum atomic E-state index is -6.07. The first-order valence-corrected chi connectivity index (χ1v) is 31.7. The number of nitrogens with one attached hydrogen (secondary N) is 3. The van der Waals surface area contributed by atoms with Gasteiger partial charge in [0.25, 0.3) is 25.8 Å². The van der Waals surface area contributed by atoms with E-state index in [1.54, 1.807) is 12.1 Å². The van der Waals surface area contributed by atoms with Crippen molar-refractivity contribution in [3.63, 3.8) is 0 Å². The summed E-state index contributed by atoms with van der Waals surface area (Å²) in [4.78, 5) is 24.7. The number of sulfonamides is 1. The van der Waals surface area contributed by atoms with Crippen LogP contribution < -0.4 is 20.3 Å². The molecular weight excluding hydrogens is 1080 g/mol. The normalized spacial score (nSPS) is 21.8. The molecule has 21 heteroatoms. The molecule has 2 atom stereocenters. The maximum Gasteiger partial charge on any atom is 0.501 e. The van der Waals surface area contributed by atoms with Gasteiger partial charge in [-0.1, -0.05) is 54.4 Å². The van der Waals surface area contributed by atoms with Gasteiger partial charge in [-0.05, 0) is 141 Å². The average Bonchev–Trinajstić information content (AvgIpc) is 3.84. The van der Waals surface area contributed by atoms with Gasteiger partial charge in [0.15, 0.2) is 0 Å². The summed E-state index contributed by atoms with van der Waals surface area (Å²) in [6, 6.07) is 26.8. The third kappa shape index (κ3) is 15.2. The zero-order valence-corrected chi connectivity index (χ0v) is 47.7. The second-order valence-corrected chi connectivity index (χ2v) is 26.9. The Hall–Kier alpha value is -4.22. The van der Waals surface area contributed by atoms with Gasteiger partial charge in [-0.2, -0.15) is 13.2 Å². The molecule has 0 unspecified atom stereocenters. The maximum atomic E-state index is 14.3. The fourth-order valence-electron chi connectivity index (χ4n) is 11.7. The number of carbonyl (C=O) groups is 1. The monoisotopic (exact) mass is 1150 g/mol. The molecule has 0 bridgehead atoms. The van der Waals surface area contributed by atoms with Crippen LogP contribution >= 0.6 is 23.4 Å². The second-order valence-electron chi connectivity index (χ2n) is 21.8. The van der Waals surface area contributed by atoms with Crippen LogP contribution in [0.2, 0.25) is 5.02 Å². The van der Waals surface area contributed by atoms with Gasteiger partial charge in [0, 0.05) is 131 Å². The van der Waals surface area contributed by atoms with Crippen LogP contribution in [0.1, 0.15) is 67.8 Å². The van der Waals surface area contributed by atoms with Crippen molar-refractivity contribution in [2.45, 2.75) is 84.1 Å². The summed E-state index contributed by atoms with van der Waals surface area (Å²) < 4.78 is 104. The summed E-state index contributed by atoms with van der Waals surface area (Å²) in [5.74, 6) is -0.651. The highest BCUT2D eigenvalue weighted by Gasteiger charge is 2.49. The van der Waals surface area contributed by atoms with E-state index in [1.165, 1.54) is 53.4 Å². The van der Waals surface area contributed by atoms with E-state index in [9.17, 15) is 34.8 Å². The molecule has 0 radical (unpaired) electrons. The van der Waals surface area contributed by atoms with Gasteiger partial charge in [-0.3, -0.25) is 14.6 Å². The summed E-state index contributed by atoms with van der Waals surface area (Å²) in [5, 5.41) is 7.25. The topological polar surface area (TPSA) is 147 Å². The van der Waals surface area contributed by atoms with Gasteiger partial charge in [0.2, 0.25) is 0 Å². The van der Waals surface area contributed by atoms with E-state index in [0.717, 1.165) is 139 Å². The van der Waals surface area contributed by atoms with Crippen molar-refractivity contribution in [3.8, 4) is 0 Å². The first-order chi connectivity index (χ1) is 37.4. The number of rotatable bonds is 19. The summed E-state index contributed by atoms with van der Waals surface area (Å²) in [6.07, 6.45) is 6.91. The minimum absolute atomic E-state index is 0.00257.